The highest BCUT2D eigenvalue weighted by atomic mass is 35.5. The lowest BCUT2D eigenvalue weighted by Crippen LogP contribution is -2.32. The summed E-state index contributed by atoms with van der Waals surface area (Å²) < 4.78 is 0. The first kappa shape index (κ1) is 17.3. The van der Waals surface area contributed by atoms with E-state index in [0.717, 1.165) is 5.69 Å². The van der Waals surface area contributed by atoms with Crippen molar-refractivity contribution in [2.75, 3.05) is 16.8 Å². The Morgan fingerprint density at radius 2 is 1.92 bits per heavy atom. The zero-order valence-corrected chi connectivity index (χ0v) is 14.7. The molecule has 0 saturated heterocycles. The summed E-state index contributed by atoms with van der Waals surface area (Å²) >= 11 is 11.7. The van der Waals surface area contributed by atoms with Crippen molar-refractivity contribution in [1.82, 2.24) is 5.43 Å². The summed E-state index contributed by atoms with van der Waals surface area (Å²) in [5.74, 6) is -0.251. The van der Waals surface area contributed by atoms with Gasteiger partial charge in [0.2, 0.25) is 0 Å². The summed E-state index contributed by atoms with van der Waals surface area (Å²) in [4.78, 5) is 26.0. The predicted molar refractivity (Wildman–Crippen MR) is 99.6 cm³/mol. The lowest BCUT2D eigenvalue weighted by atomic mass is 10.1. The van der Waals surface area contributed by atoms with Crippen molar-refractivity contribution in [2.24, 2.45) is 5.10 Å². The number of hydrazone groups is 1. The van der Waals surface area contributed by atoms with E-state index in [1.165, 1.54) is 6.07 Å². The van der Waals surface area contributed by atoms with Crippen molar-refractivity contribution >= 4 is 52.2 Å². The van der Waals surface area contributed by atoms with Gasteiger partial charge in [0, 0.05) is 17.8 Å². The van der Waals surface area contributed by atoms with E-state index in [1.807, 2.05) is 25.1 Å². The van der Waals surface area contributed by atoms with E-state index in [0.29, 0.717) is 27.8 Å². The van der Waals surface area contributed by atoms with Crippen LogP contribution in [0.25, 0.3) is 0 Å². The molecule has 1 heterocycles. The number of carbonyl (C=O) groups is 2. The van der Waals surface area contributed by atoms with Crippen LogP contribution in [0.1, 0.15) is 12.5 Å². The lowest BCUT2D eigenvalue weighted by molar-refractivity contribution is -0.112. The maximum atomic E-state index is 12.4. The Morgan fingerprint density at radius 3 is 2.64 bits per heavy atom. The van der Waals surface area contributed by atoms with Gasteiger partial charge in [-0.1, -0.05) is 41.4 Å². The predicted octanol–water partition coefficient (Wildman–Crippen LogP) is 3.89. The number of nitrogens with zero attached hydrogens (tertiary/aromatic N) is 2. The van der Waals surface area contributed by atoms with Crippen molar-refractivity contribution < 1.29 is 9.59 Å². The topological polar surface area (TPSA) is 73.8 Å². The Hall–Kier alpha value is -2.57. The molecule has 0 aromatic heterocycles. The molecule has 0 fully saturated rings. The third-order valence-corrected chi connectivity index (χ3v) is 4.40. The van der Waals surface area contributed by atoms with Crippen LogP contribution in [-0.4, -0.2) is 24.2 Å². The second-order valence-corrected chi connectivity index (χ2v) is 6.04. The molecule has 3 amide bonds. The number of likely N-dealkylation sites (N-methyl/N-ethyl adjacent to an activating group) is 1. The highest BCUT2D eigenvalue weighted by Crippen LogP contribution is 2.28. The standard InChI is InChI=1S/C17H14Cl2N4O2/c1-2-23-14-6-4-3-5-11(14)15(16(23)24)21-22-17(25)20-10-7-8-12(18)13(19)9-10/h3-9H,2H2,1H3,(H2,20,22,25). The van der Waals surface area contributed by atoms with Gasteiger partial charge in [-0.25, -0.2) is 10.2 Å². The zero-order chi connectivity index (χ0) is 18.0. The Balaban J connectivity index is 1.76. The molecule has 0 radical (unpaired) electrons. The van der Waals surface area contributed by atoms with Gasteiger partial charge in [-0.05, 0) is 31.2 Å². The minimum Gasteiger partial charge on any atom is -0.307 e. The van der Waals surface area contributed by atoms with E-state index in [9.17, 15) is 9.59 Å². The molecule has 0 spiro atoms. The number of halogens is 2. The van der Waals surface area contributed by atoms with Gasteiger partial charge in [-0.2, -0.15) is 5.10 Å². The van der Waals surface area contributed by atoms with Gasteiger partial charge in [0.05, 0.1) is 15.7 Å². The lowest BCUT2D eigenvalue weighted by Gasteiger charge is -2.12. The molecule has 3 rings (SSSR count). The second-order valence-electron chi connectivity index (χ2n) is 5.22. The summed E-state index contributed by atoms with van der Waals surface area (Å²) in [5.41, 5.74) is 4.45. The number of carbonyl (C=O) groups excluding carboxylic acids is 2. The highest BCUT2D eigenvalue weighted by Gasteiger charge is 2.32. The monoisotopic (exact) mass is 376 g/mol. The van der Waals surface area contributed by atoms with E-state index >= 15 is 0 Å². The van der Waals surface area contributed by atoms with E-state index < -0.39 is 6.03 Å². The number of hydrogen-bond acceptors (Lipinski definition) is 3. The van der Waals surface area contributed by atoms with Gasteiger partial charge in [0.15, 0.2) is 5.71 Å². The van der Waals surface area contributed by atoms with E-state index in [-0.39, 0.29) is 11.6 Å². The van der Waals surface area contributed by atoms with Crippen molar-refractivity contribution in [3.8, 4) is 0 Å². The molecule has 128 valence electrons. The number of amides is 3. The van der Waals surface area contributed by atoms with Crippen molar-refractivity contribution in [3.63, 3.8) is 0 Å². The van der Waals surface area contributed by atoms with Gasteiger partial charge in [0.1, 0.15) is 0 Å². The van der Waals surface area contributed by atoms with Crippen LogP contribution in [0.3, 0.4) is 0 Å². The maximum absolute atomic E-state index is 12.4. The van der Waals surface area contributed by atoms with Crippen LogP contribution in [0.15, 0.2) is 47.6 Å². The zero-order valence-electron chi connectivity index (χ0n) is 13.2. The molecule has 1 aliphatic heterocycles. The Kier molecular flexibility index (Phi) is 4.92. The third-order valence-electron chi connectivity index (χ3n) is 3.66. The van der Waals surface area contributed by atoms with Crippen LogP contribution in [0, 0.1) is 0 Å². The Bertz CT molecular complexity index is 883. The number of urea groups is 1. The van der Waals surface area contributed by atoms with E-state index in [4.69, 9.17) is 23.2 Å². The number of benzene rings is 2. The van der Waals surface area contributed by atoms with Gasteiger partial charge >= 0.3 is 6.03 Å². The molecular formula is C17H14Cl2N4O2. The molecule has 25 heavy (non-hydrogen) atoms. The summed E-state index contributed by atoms with van der Waals surface area (Å²) in [6, 6.07) is 11.4. The molecule has 2 aromatic carbocycles. The molecule has 0 aliphatic carbocycles. The second kappa shape index (κ2) is 7.13. The first-order valence-corrected chi connectivity index (χ1v) is 8.28. The molecule has 8 heteroatoms. The fraction of sp³-hybridized carbons (Fsp3) is 0.118. The van der Waals surface area contributed by atoms with E-state index in [1.54, 1.807) is 23.1 Å². The average Bonchev–Trinajstić information content (AvgIpc) is 2.87. The van der Waals surface area contributed by atoms with Gasteiger partial charge in [0.25, 0.3) is 5.91 Å². The molecule has 6 nitrogen and oxygen atoms in total. The number of anilines is 2. The molecule has 1 aliphatic rings. The molecular weight excluding hydrogens is 363 g/mol. The van der Waals surface area contributed by atoms with Gasteiger partial charge in [-0.15, -0.1) is 0 Å². The summed E-state index contributed by atoms with van der Waals surface area (Å²) in [5, 5.41) is 7.27. The Labute approximate surface area is 154 Å². The summed E-state index contributed by atoms with van der Waals surface area (Å²) in [7, 11) is 0. The smallest absolute Gasteiger partial charge is 0.307 e. The summed E-state index contributed by atoms with van der Waals surface area (Å²) in [6.45, 7) is 2.40. The maximum Gasteiger partial charge on any atom is 0.339 e. The van der Waals surface area contributed by atoms with Crippen LogP contribution in [-0.2, 0) is 4.79 Å². The highest BCUT2D eigenvalue weighted by molar-refractivity contribution is 6.54. The number of para-hydroxylation sites is 1. The number of nitrogens with one attached hydrogen (secondary N) is 2. The normalized spacial score (nSPS) is 14.6. The number of fused-ring (bicyclic) bond motifs is 1. The first-order valence-electron chi connectivity index (χ1n) is 7.52. The van der Waals surface area contributed by atoms with E-state index in [2.05, 4.69) is 15.8 Å². The Morgan fingerprint density at radius 1 is 1.16 bits per heavy atom. The molecule has 0 bridgehead atoms. The molecule has 2 aromatic rings. The average molecular weight is 377 g/mol. The first-order chi connectivity index (χ1) is 12.0. The van der Waals surface area contributed by atoms with Crippen LogP contribution in [0.2, 0.25) is 10.0 Å². The number of rotatable bonds is 3. The number of hydrogen-bond donors (Lipinski definition) is 2. The molecule has 2 N–H and O–H groups in total. The SMILES string of the molecule is CCN1C(=O)C(=NNC(=O)Nc2ccc(Cl)c(Cl)c2)c2ccccc21. The molecule has 0 unspecified atom stereocenters. The van der Waals surface area contributed by atoms with Gasteiger partial charge < -0.3 is 10.2 Å². The molecule has 0 atom stereocenters. The van der Waals surface area contributed by atoms with Crippen LogP contribution in [0.5, 0.6) is 0 Å². The summed E-state index contributed by atoms with van der Waals surface area (Å²) in [6.07, 6.45) is 0. The largest absolute Gasteiger partial charge is 0.339 e. The minimum absolute atomic E-state index is 0.196. The van der Waals surface area contributed by atoms with Crippen LogP contribution < -0.4 is 15.6 Å². The quantitative estimate of drug-likeness (QED) is 0.797. The van der Waals surface area contributed by atoms with Crippen molar-refractivity contribution in [3.05, 3.63) is 58.1 Å². The van der Waals surface area contributed by atoms with Crippen LogP contribution in [0.4, 0.5) is 16.2 Å². The van der Waals surface area contributed by atoms with Crippen LogP contribution >= 0.6 is 23.2 Å². The molecule has 0 saturated carbocycles. The minimum atomic E-state index is -0.592. The fourth-order valence-electron chi connectivity index (χ4n) is 2.52. The third kappa shape index (κ3) is 3.45. The van der Waals surface area contributed by atoms with Crippen molar-refractivity contribution in [2.45, 2.75) is 6.92 Å². The van der Waals surface area contributed by atoms with Gasteiger partial charge in [-0.3, -0.25) is 4.79 Å². The van der Waals surface area contributed by atoms with Crippen molar-refractivity contribution in [1.29, 1.82) is 0 Å². The fourth-order valence-corrected chi connectivity index (χ4v) is 2.82.